The van der Waals surface area contributed by atoms with Gasteiger partial charge in [-0.25, -0.2) is 0 Å². The summed E-state index contributed by atoms with van der Waals surface area (Å²) in [5.74, 6) is 1.59. The fraction of sp³-hybridized carbons (Fsp3) is 1.00. The third-order valence-electron chi connectivity index (χ3n) is 1.02. The fourth-order valence-electron chi connectivity index (χ4n) is 0.543. The van der Waals surface area contributed by atoms with Gasteiger partial charge in [0, 0.05) is 11.8 Å². The van der Waals surface area contributed by atoms with E-state index in [4.69, 9.17) is 23.2 Å². The van der Waals surface area contributed by atoms with Crippen LogP contribution in [-0.4, -0.2) is 11.8 Å². The van der Waals surface area contributed by atoms with Gasteiger partial charge >= 0.3 is 2.85 Å². The summed E-state index contributed by atoms with van der Waals surface area (Å²) in [5.41, 5.74) is 0. The van der Waals surface area contributed by atoms with Crippen molar-refractivity contribution in [3.05, 3.63) is 0 Å². The highest BCUT2D eigenvalue weighted by Gasteiger charge is 1.85. The molecule has 0 rings (SSSR count). The lowest BCUT2D eigenvalue weighted by Crippen LogP contribution is -1.78. The molecule has 0 saturated heterocycles. The Morgan fingerprint density at radius 3 is 1.20 bits per heavy atom. The molecule has 0 atom stereocenters. The highest BCUT2D eigenvalue weighted by molar-refractivity contribution is 6.18. The van der Waals surface area contributed by atoms with Crippen molar-refractivity contribution in [2.45, 2.75) is 25.7 Å². The standard InChI is InChI=1S/C6H12Cl2.2H3N/c7-5-3-1-2-4-6-8;;/h1-6H2;2*1H3/p+2. The van der Waals surface area contributed by atoms with E-state index in [2.05, 4.69) is 0 Å². The monoisotopic (exact) mass is 190 g/mol. The van der Waals surface area contributed by atoms with Crippen LogP contribution in [0.15, 0.2) is 0 Å². The third-order valence-corrected chi connectivity index (χ3v) is 1.55. The van der Waals surface area contributed by atoms with Crippen LogP contribution < -0.4 is 12.3 Å². The molecule has 0 aliphatic carbocycles. The molecular weight excluding hydrogens is 171 g/mol. The largest absolute Gasteiger partial charge is 1.00 e. The molecule has 0 heterocycles. The second kappa shape index (κ2) is 16.2. The van der Waals surface area contributed by atoms with Crippen molar-refractivity contribution in [3.63, 3.8) is 0 Å². The van der Waals surface area contributed by atoms with Crippen molar-refractivity contribution >= 4 is 23.2 Å². The van der Waals surface area contributed by atoms with E-state index in [1.54, 1.807) is 0 Å². The summed E-state index contributed by atoms with van der Waals surface area (Å²) in [7, 11) is 0. The number of unbranched alkanes of at least 4 members (excludes halogenated alkanes) is 3. The minimum Gasteiger partial charge on any atom is -0.344 e. The number of alkyl halides is 2. The third kappa shape index (κ3) is 15.8. The lowest BCUT2D eigenvalue weighted by Gasteiger charge is -1.92. The van der Waals surface area contributed by atoms with Gasteiger partial charge in [-0.15, -0.1) is 23.2 Å². The predicted octanol–water partition coefficient (Wildman–Crippen LogP) is 3.57. The zero-order valence-corrected chi connectivity index (χ0v) is 7.92. The van der Waals surface area contributed by atoms with Crippen LogP contribution in [-0.2, 0) is 0 Å². The molecule has 4 heteroatoms. The van der Waals surface area contributed by atoms with Crippen LogP contribution in [0, 0.1) is 0 Å². The van der Waals surface area contributed by atoms with Crippen molar-refractivity contribution in [2.75, 3.05) is 11.8 Å². The minimum atomic E-state index is 0. The number of hydrogen-bond donors (Lipinski definition) is 2. The maximum absolute atomic E-state index is 5.45. The Balaban J connectivity index is -0.0000000408. The number of hydrogen-bond acceptors (Lipinski definition) is 2. The minimum absolute atomic E-state index is 0. The molecule has 2 nitrogen and oxygen atoms in total. The molecule has 0 aromatic heterocycles. The summed E-state index contributed by atoms with van der Waals surface area (Å²) in [6, 6.07) is 0. The smallest absolute Gasteiger partial charge is 0.344 e. The van der Waals surface area contributed by atoms with E-state index in [9.17, 15) is 0 Å². The zero-order chi connectivity index (χ0) is 6.24. The Hall–Kier alpha value is 0.500. The molecule has 0 fully saturated rings. The normalized spacial score (nSPS) is 7.80. The first kappa shape index (κ1) is 16.8. The molecular formula is C6H20Cl2N2+2. The summed E-state index contributed by atoms with van der Waals surface area (Å²) in [4.78, 5) is 0. The highest BCUT2D eigenvalue weighted by atomic mass is 35.5. The van der Waals surface area contributed by atoms with E-state index in [1.807, 2.05) is 0 Å². The van der Waals surface area contributed by atoms with Gasteiger partial charge in [0.1, 0.15) is 0 Å². The van der Waals surface area contributed by atoms with Crippen LogP contribution in [0.4, 0.5) is 0 Å². The van der Waals surface area contributed by atoms with Gasteiger partial charge in [-0.3, -0.25) is 0 Å². The lowest BCUT2D eigenvalue weighted by molar-refractivity contribution is 0.708. The molecule has 0 radical (unpaired) electrons. The van der Waals surface area contributed by atoms with E-state index in [1.165, 1.54) is 12.8 Å². The van der Waals surface area contributed by atoms with E-state index in [0.29, 0.717) is 0 Å². The summed E-state index contributed by atoms with van der Waals surface area (Å²) in [6.07, 6.45) is 4.74. The van der Waals surface area contributed by atoms with Crippen molar-refractivity contribution in [3.8, 4) is 0 Å². The van der Waals surface area contributed by atoms with Gasteiger partial charge in [0.05, 0.1) is 0 Å². The number of halogens is 2. The Morgan fingerprint density at radius 2 is 1.00 bits per heavy atom. The average Bonchev–Trinajstić information content (AvgIpc) is 1.81. The van der Waals surface area contributed by atoms with Gasteiger partial charge in [-0.1, -0.05) is 12.8 Å². The first-order valence-electron chi connectivity index (χ1n) is 3.03. The lowest BCUT2D eigenvalue weighted by atomic mass is 10.2. The molecule has 0 unspecified atom stereocenters. The van der Waals surface area contributed by atoms with E-state index in [0.717, 1.165) is 24.6 Å². The van der Waals surface area contributed by atoms with Gasteiger partial charge in [0.15, 0.2) is 0 Å². The van der Waals surface area contributed by atoms with Crippen LogP contribution in [0.1, 0.15) is 28.5 Å². The summed E-state index contributed by atoms with van der Waals surface area (Å²) in [5, 5.41) is 0. The molecule has 0 aliphatic rings. The molecule has 0 saturated carbocycles. The maximum atomic E-state index is 5.45. The van der Waals surface area contributed by atoms with Gasteiger partial charge in [0.2, 0.25) is 0 Å². The van der Waals surface area contributed by atoms with E-state index >= 15 is 0 Å². The van der Waals surface area contributed by atoms with Crippen LogP contribution in [0.25, 0.3) is 0 Å². The Bertz CT molecular complexity index is 46.5. The van der Waals surface area contributed by atoms with E-state index < -0.39 is 0 Å². The second-order valence-electron chi connectivity index (χ2n) is 1.79. The Labute approximate surface area is 76.4 Å². The Kier molecular flexibility index (Phi) is 27.4. The van der Waals surface area contributed by atoms with Crippen LogP contribution in [0.5, 0.6) is 0 Å². The summed E-state index contributed by atoms with van der Waals surface area (Å²) in [6.45, 7) is 0. The maximum Gasteiger partial charge on any atom is 1.00 e. The van der Waals surface area contributed by atoms with Crippen molar-refractivity contribution in [1.82, 2.24) is 12.3 Å². The van der Waals surface area contributed by atoms with Gasteiger partial charge in [-0.05, 0) is 12.8 Å². The average molecular weight is 191 g/mol. The summed E-state index contributed by atoms with van der Waals surface area (Å²) < 4.78 is 0. The van der Waals surface area contributed by atoms with Gasteiger partial charge in [-0.2, -0.15) is 0 Å². The van der Waals surface area contributed by atoms with Crippen molar-refractivity contribution in [2.24, 2.45) is 0 Å². The molecule has 10 heavy (non-hydrogen) atoms. The molecule has 0 aromatic rings. The predicted molar refractivity (Wildman–Crippen MR) is 52.2 cm³/mol. The molecule has 0 aliphatic heterocycles. The van der Waals surface area contributed by atoms with Crippen molar-refractivity contribution < 1.29 is 2.85 Å². The molecule has 0 aromatic carbocycles. The second-order valence-corrected chi connectivity index (χ2v) is 2.55. The quantitative estimate of drug-likeness (QED) is 0.515. The van der Waals surface area contributed by atoms with Crippen LogP contribution in [0.2, 0.25) is 0 Å². The molecule has 6 N–H and O–H groups in total. The molecule has 66 valence electrons. The van der Waals surface area contributed by atoms with Crippen LogP contribution >= 0.6 is 23.2 Å². The first-order chi connectivity index (χ1) is 3.91. The summed E-state index contributed by atoms with van der Waals surface area (Å²) >= 11 is 10.9. The highest BCUT2D eigenvalue weighted by Crippen LogP contribution is 2.01. The molecule has 0 spiro atoms. The zero-order valence-electron chi connectivity index (χ0n) is 8.41. The van der Waals surface area contributed by atoms with Crippen LogP contribution in [0.3, 0.4) is 0 Å². The first-order valence-corrected chi connectivity index (χ1v) is 4.10. The SMILES string of the molecule is ClCCCCCCCl.N.N.[H+].[H+]. The molecule has 0 bridgehead atoms. The van der Waals surface area contributed by atoms with E-state index in [-0.39, 0.29) is 15.2 Å². The van der Waals surface area contributed by atoms with Gasteiger partial charge < -0.3 is 12.3 Å². The Morgan fingerprint density at radius 1 is 0.700 bits per heavy atom. The topological polar surface area (TPSA) is 70.0 Å². The van der Waals surface area contributed by atoms with Gasteiger partial charge in [0.25, 0.3) is 0 Å². The molecule has 0 amide bonds. The fourth-order valence-corrected chi connectivity index (χ4v) is 0.921. The van der Waals surface area contributed by atoms with Crippen molar-refractivity contribution in [1.29, 1.82) is 0 Å². The number of rotatable bonds is 5.